The third-order valence-electron chi connectivity index (χ3n) is 4.73. The van der Waals surface area contributed by atoms with Gasteiger partial charge in [0.05, 0.1) is 13.7 Å². The zero-order chi connectivity index (χ0) is 22.2. The van der Waals surface area contributed by atoms with Crippen LogP contribution in [0.5, 0.6) is 5.75 Å². The number of hydrogen-bond acceptors (Lipinski definition) is 5. The fourth-order valence-electron chi connectivity index (χ4n) is 3.35. The summed E-state index contributed by atoms with van der Waals surface area (Å²) in [5.74, 6) is 0.499. The summed E-state index contributed by atoms with van der Waals surface area (Å²) >= 11 is 6.99. The van der Waals surface area contributed by atoms with Crippen LogP contribution in [0.3, 0.4) is 0 Å². The van der Waals surface area contributed by atoms with Crippen molar-refractivity contribution in [2.24, 2.45) is 0 Å². The van der Waals surface area contributed by atoms with Crippen LogP contribution in [0.1, 0.15) is 27.7 Å². The van der Waals surface area contributed by atoms with Crippen LogP contribution >= 0.6 is 23.6 Å². The van der Waals surface area contributed by atoms with Crippen LogP contribution in [0, 0.1) is 6.92 Å². The van der Waals surface area contributed by atoms with Crippen LogP contribution in [-0.2, 0) is 11.2 Å². The molecule has 2 aromatic carbocycles. The predicted octanol–water partition coefficient (Wildman–Crippen LogP) is 5.44. The van der Waals surface area contributed by atoms with Gasteiger partial charge in [-0.3, -0.25) is 0 Å². The largest absolute Gasteiger partial charge is 0.496 e. The minimum atomic E-state index is -0.356. The number of rotatable bonds is 8. The number of carbonyl (C=O) groups is 1. The van der Waals surface area contributed by atoms with Crippen LogP contribution in [0.2, 0.25) is 0 Å². The molecular formula is C24H26N2O3S2. The van der Waals surface area contributed by atoms with Crippen molar-refractivity contribution >= 4 is 39.6 Å². The van der Waals surface area contributed by atoms with Crippen molar-refractivity contribution in [2.45, 2.75) is 20.3 Å². The van der Waals surface area contributed by atoms with Crippen molar-refractivity contribution in [3.05, 3.63) is 70.6 Å². The standard InChI is InChI=1S/C24H26N2O3S2/c1-4-29-23(27)21-20(18-11-6-5-7-12-18)16(2)31-22(21)26-24(30)25-15-14-17-10-8-9-13-19(17)28-3/h5-13H,4,14-15H2,1-3H3,(H2,25,26,30). The minimum absolute atomic E-state index is 0.309. The second-order valence-electron chi connectivity index (χ2n) is 6.77. The number of carbonyl (C=O) groups excluding carboxylic acids is 1. The van der Waals surface area contributed by atoms with Gasteiger partial charge in [-0.25, -0.2) is 4.79 Å². The Morgan fingerprint density at radius 3 is 2.52 bits per heavy atom. The van der Waals surface area contributed by atoms with Gasteiger partial charge in [0.25, 0.3) is 0 Å². The Morgan fingerprint density at radius 1 is 1.10 bits per heavy atom. The lowest BCUT2D eigenvalue weighted by atomic mass is 10.0. The molecular weight excluding hydrogens is 428 g/mol. The molecule has 1 aromatic heterocycles. The Balaban J connectivity index is 1.76. The number of anilines is 1. The molecule has 162 valence electrons. The molecule has 0 atom stereocenters. The number of benzene rings is 2. The summed E-state index contributed by atoms with van der Waals surface area (Å²) in [6.45, 7) is 4.75. The van der Waals surface area contributed by atoms with Crippen molar-refractivity contribution in [3.8, 4) is 16.9 Å². The van der Waals surface area contributed by atoms with Gasteiger partial charge in [0.15, 0.2) is 5.11 Å². The molecule has 3 aromatic rings. The second-order valence-corrected chi connectivity index (χ2v) is 8.40. The highest BCUT2D eigenvalue weighted by atomic mass is 32.1. The Bertz CT molecular complexity index is 1050. The number of hydrogen-bond donors (Lipinski definition) is 2. The molecule has 0 spiro atoms. The number of thiophene rings is 1. The summed E-state index contributed by atoms with van der Waals surface area (Å²) in [4.78, 5) is 13.8. The SMILES string of the molecule is CCOC(=O)c1c(NC(=S)NCCc2ccccc2OC)sc(C)c1-c1ccccc1. The molecule has 31 heavy (non-hydrogen) atoms. The fraction of sp³-hybridized carbons (Fsp3) is 0.250. The number of esters is 1. The van der Waals surface area contributed by atoms with E-state index in [-0.39, 0.29) is 5.97 Å². The van der Waals surface area contributed by atoms with E-state index < -0.39 is 0 Å². The number of methoxy groups -OCH3 is 1. The van der Waals surface area contributed by atoms with Gasteiger partial charge < -0.3 is 20.1 Å². The summed E-state index contributed by atoms with van der Waals surface area (Å²) < 4.78 is 10.7. The van der Waals surface area contributed by atoms with E-state index in [9.17, 15) is 4.79 Å². The molecule has 0 amide bonds. The molecule has 7 heteroatoms. The Hall–Kier alpha value is -2.90. The lowest BCUT2D eigenvalue weighted by Crippen LogP contribution is -2.30. The van der Waals surface area contributed by atoms with Gasteiger partial charge in [-0.2, -0.15) is 0 Å². The number of nitrogens with one attached hydrogen (secondary N) is 2. The fourth-order valence-corrected chi connectivity index (χ4v) is 4.69. The monoisotopic (exact) mass is 454 g/mol. The molecule has 0 saturated heterocycles. The van der Waals surface area contributed by atoms with Crippen molar-refractivity contribution in [3.63, 3.8) is 0 Å². The van der Waals surface area contributed by atoms with E-state index >= 15 is 0 Å². The molecule has 3 rings (SSSR count). The van der Waals surface area contributed by atoms with E-state index in [1.165, 1.54) is 11.3 Å². The van der Waals surface area contributed by atoms with E-state index in [0.29, 0.717) is 28.8 Å². The number of ether oxygens (including phenoxy) is 2. The highest BCUT2D eigenvalue weighted by Crippen LogP contribution is 2.40. The Kier molecular flexibility index (Phi) is 8.03. The van der Waals surface area contributed by atoms with Crippen LogP contribution < -0.4 is 15.4 Å². The first-order valence-corrected chi connectivity index (χ1v) is 11.3. The Labute approximate surface area is 192 Å². The smallest absolute Gasteiger partial charge is 0.341 e. The van der Waals surface area contributed by atoms with E-state index in [2.05, 4.69) is 10.6 Å². The van der Waals surface area contributed by atoms with Crippen LogP contribution in [0.4, 0.5) is 5.00 Å². The zero-order valence-electron chi connectivity index (χ0n) is 17.9. The van der Waals surface area contributed by atoms with Gasteiger partial charge in [-0.1, -0.05) is 48.5 Å². The normalized spacial score (nSPS) is 10.4. The van der Waals surface area contributed by atoms with Gasteiger partial charge in [0, 0.05) is 17.0 Å². The summed E-state index contributed by atoms with van der Waals surface area (Å²) in [5, 5.41) is 7.56. The molecule has 0 unspecified atom stereocenters. The maximum Gasteiger partial charge on any atom is 0.341 e. The van der Waals surface area contributed by atoms with E-state index in [1.807, 2.05) is 61.5 Å². The van der Waals surface area contributed by atoms with E-state index in [4.69, 9.17) is 21.7 Å². The highest BCUT2D eigenvalue weighted by molar-refractivity contribution is 7.80. The summed E-state index contributed by atoms with van der Waals surface area (Å²) in [7, 11) is 1.67. The van der Waals surface area contributed by atoms with Crippen molar-refractivity contribution in [1.82, 2.24) is 5.32 Å². The lowest BCUT2D eigenvalue weighted by molar-refractivity contribution is 0.0529. The summed E-state index contributed by atoms with van der Waals surface area (Å²) in [6, 6.07) is 17.8. The topological polar surface area (TPSA) is 59.6 Å². The number of thiocarbonyl (C=S) groups is 1. The average molecular weight is 455 g/mol. The minimum Gasteiger partial charge on any atom is -0.496 e. The molecule has 1 heterocycles. The first-order valence-electron chi connectivity index (χ1n) is 10.1. The number of aryl methyl sites for hydroxylation is 1. The molecule has 2 N–H and O–H groups in total. The molecule has 0 bridgehead atoms. The van der Waals surface area contributed by atoms with Crippen LogP contribution in [-0.4, -0.2) is 31.3 Å². The van der Waals surface area contributed by atoms with E-state index in [0.717, 1.165) is 33.7 Å². The molecule has 0 aliphatic carbocycles. The predicted molar refractivity (Wildman–Crippen MR) is 131 cm³/mol. The molecule has 5 nitrogen and oxygen atoms in total. The average Bonchev–Trinajstić information content (AvgIpc) is 3.10. The Morgan fingerprint density at radius 2 is 1.81 bits per heavy atom. The molecule has 0 fully saturated rings. The van der Waals surface area contributed by atoms with Crippen molar-refractivity contribution in [1.29, 1.82) is 0 Å². The van der Waals surface area contributed by atoms with Gasteiger partial charge in [-0.15, -0.1) is 11.3 Å². The highest BCUT2D eigenvalue weighted by Gasteiger charge is 2.24. The van der Waals surface area contributed by atoms with Gasteiger partial charge in [0.2, 0.25) is 0 Å². The van der Waals surface area contributed by atoms with Crippen molar-refractivity contribution < 1.29 is 14.3 Å². The number of para-hydroxylation sites is 1. The third kappa shape index (κ3) is 5.62. The third-order valence-corrected chi connectivity index (χ3v) is 5.99. The van der Waals surface area contributed by atoms with Gasteiger partial charge in [0.1, 0.15) is 16.3 Å². The van der Waals surface area contributed by atoms with Gasteiger partial charge >= 0.3 is 5.97 Å². The first kappa shape index (κ1) is 22.8. The van der Waals surface area contributed by atoms with Gasteiger partial charge in [-0.05, 0) is 49.7 Å². The summed E-state index contributed by atoms with van der Waals surface area (Å²) in [6.07, 6.45) is 0.759. The first-order chi connectivity index (χ1) is 15.0. The van der Waals surface area contributed by atoms with Crippen LogP contribution in [0.25, 0.3) is 11.1 Å². The van der Waals surface area contributed by atoms with E-state index in [1.54, 1.807) is 14.0 Å². The zero-order valence-corrected chi connectivity index (χ0v) is 19.5. The maximum absolute atomic E-state index is 12.8. The van der Waals surface area contributed by atoms with Crippen LogP contribution in [0.15, 0.2) is 54.6 Å². The maximum atomic E-state index is 12.8. The molecule has 0 aliphatic rings. The molecule has 0 radical (unpaired) electrons. The van der Waals surface area contributed by atoms with Crippen molar-refractivity contribution in [2.75, 3.05) is 25.6 Å². The molecule has 0 saturated carbocycles. The second kappa shape index (κ2) is 10.9. The quantitative estimate of drug-likeness (QED) is 0.349. The summed E-state index contributed by atoms with van der Waals surface area (Å²) in [5.41, 5.74) is 3.47. The lowest BCUT2D eigenvalue weighted by Gasteiger charge is -2.13. The molecule has 0 aliphatic heterocycles.